The minimum atomic E-state index is -0.0999. The Morgan fingerprint density at radius 2 is 2.09 bits per heavy atom. The number of nitrogens with one attached hydrogen (secondary N) is 2. The van der Waals surface area contributed by atoms with Gasteiger partial charge in [-0.25, -0.2) is 0 Å². The number of carbonyl (C=O) groups is 1. The van der Waals surface area contributed by atoms with E-state index in [1.54, 1.807) is 13.3 Å². The fourth-order valence-electron chi connectivity index (χ4n) is 2.71. The van der Waals surface area contributed by atoms with Crippen LogP contribution in [0.4, 0.5) is 0 Å². The molecule has 1 saturated heterocycles. The fourth-order valence-corrected chi connectivity index (χ4v) is 2.71. The van der Waals surface area contributed by atoms with Crippen LogP contribution in [0.3, 0.4) is 0 Å². The van der Waals surface area contributed by atoms with Gasteiger partial charge in [-0.1, -0.05) is 6.07 Å². The van der Waals surface area contributed by atoms with Gasteiger partial charge in [0, 0.05) is 25.3 Å². The molecule has 1 aromatic rings. The summed E-state index contributed by atoms with van der Waals surface area (Å²) in [5.74, 6) is -0.0999. The quantitative estimate of drug-likeness (QED) is 0.853. The van der Waals surface area contributed by atoms with Crippen molar-refractivity contribution in [1.29, 1.82) is 0 Å². The second-order valence-electron chi connectivity index (χ2n) is 5.53. The second-order valence-corrected chi connectivity index (χ2v) is 5.53. The summed E-state index contributed by atoms with van der Waals surface area (Å²) in [6.45, 7) is 5.16. The van der Waals surface area contributed by atoms with Crippen LogP contribution >= 0.6 is 24.8 Å². The Kier molecular flexibility index (Phi) is 9.60. The van der Waals surface area contributed by atoms with Crippen LogP contribution in [0.2, 0.25) is 0 Å². The van der Waals surface area contributed by atoms with E-state index < -0.39 is 0 Å². The zero-order chi connectivity index (χ0) is 14.4. The second kappa shape index (κ2) is 10.0. The van der Waals surface area contributed by atoms with Crippen LogP contribution in [-0.2, 0) is 4.74 Å². The van der Waals surface area contributed by atoms with E-state index in [0.717, 1.165) is 31.5 Å². The highest BCUT2D eigenvalue weighted by Crippen LogP contribution is 2.28. The molecule has 2 heterocycles. The maximum Gasteiger partial charge on any atom is 0.270 e. The zero-order valence-corrected chi connectivity index (χ0v) is 14.7. The Morgan fingerprint density at radius 3 is 2.68 bits per heavy atom. The first-order valence-electron chi connectivity index (χ1n) is 7.06. The number of nitrogens with zero attached hydrogens (tertiary/aromatic N) is 1. The molecule has 1 aromatic heterocycles. The van der Waals surface area contributed by atoms with Crippen molar-refractivity contribution in [2.45, 2.75) is 19.8 Å². The third-order valence-electron chi connectivity index (χ3n) is 3.96. The fraction of sp³-hybridized carbons (Fsp3) is 0.600. The molecule has 0 radical (unpaired) electrons. The Labute approximate surface area is 144 Å². The smallest absolute Gasteiger partial charge is 0.270 e. The summed E-state index contributed by atoms with van der Waals surface area (Å²) in [6, 6.07) is 3.74. The van der Waals surface area contributed by atoms with E-state index in [2.05, 4.69) is 15.6 Å². The number of pyridine rings is 1. The molecule has 1 aliphatic rings. The predicted molar refractivity (Wildman–Crippen MR) is 92.2 cm³/mol. The number of halogens is 2. The molecule has 0 unspecified atom stereocenters. The number of methoxy groups -OCH3 is 1. The largest absolute Gasteiger partial charge is 0.384 e. The molecule has 0 atom stereocenters. The first-order chi connectivity index (χ1) is 9.67. The van der Waals surface area contributed by atoms with Crippen LogP contribution in [0.25, 0.3) is 0 Å². The third-order valence-corrected chi connectivity index (χ3v) is 3.96. The van der Waals surface area contributed by atoms with Gasteiger partial charge >= 0.3 is 0 Å². The van der Waals surface area contributed by atoms with Gasteiger partial charge in [0.15, 0.2) is 0 Å². The molecular weight excluding hydrogens is 325 g/mol. The topological polar surface area (TPSA) is 63.2 Å². The zero-order valence-electron chi connectivity index (χ0n) is 13.1. The van der Waals surface area contributed by atoms with E-state index >= 15 is 0 Å². The number of hydrogen-bond donors (Lipinski definition) is 2. The van der Waals surface area contributed by atoms with Crippen molar-refractivity contribution in [1.82, 2.24) is 15.6 Å². The first-order valence-corrected chi connectivity index (χ1v) is 7.06. The van der Waals surface area contributed by atoms with E-state index in [4.69, 9.17) is 4.74 Å². The molecule has 1 aliphatic heterocycles. The van der Waals surface area contributed by atoms with Gasteiger partial charge in [-0.15, -0.1) is 24.8 Å². The summed E-state index contributed by atoms with van der Waals surface area (Å²) in [7, 11) is 1.72. The molecular formula is C15H25Cl2N3O2. The number of carbonyl (C=O) groups excluding carboxylic acids is 1. The van der Waals surface area contributed by atoms with Gasteiger partial charge < -0.3 is 15.4 Å². The standard InChI is InChI=1S/C15H23N3O2.2ClH/c1-12-4-3-7-17-13(12)14(19)18-10-15(11-20-2)5-8-16-9-6-15;;/h3-4,7,16H,5-6,8-11H2,1-2H3,(H,18,19);2*1H. The molecule has 0 aliphatic carbocycles. The minimum Gasteiger partial charge on any atom is -0.384 e. The minimum absolute atomic E-state index is 0. The lowest BCUT2D eigenvalue weighted by atomic mass is 9.79. The van der Waals surface area contributed by atoms with Crippen LogP contribution in [0.1, 0.15) is 28.9 Å². The molecule has 1 fully saturated rings. The summed E-state index contributed by atoms with van der Waals surface area (Å²) in [4.78, 5) is 16.4. The van der Waals surface area contributed by atoms with Crippen molar-refractivity contribution in [3.05, 3.63) is 29.6 Å². The van der Waals surface area contributed by atoms with Crippen molar-refractivity contribution in [3.8, 4) is 0 Å². The number of amides is 1. The van der Waals surface area contributed by atoms with Crippen LogP contribution in [0.15, 0.2) is 18.3 Å². The molecule has 22 heavy (non-hydrogen) atoms. The van der Waals surface area contributed by atoms with Gasteiger partial charge in [0.05, 0.1) is 6.61 Å². The van der Waals surface area contributed by atoms with Gasteiger partial charge in [0.25, 0.3) is 5.91 Å². The van der Waals surface area contributed by atoms with Crippen molar-refractivity contribution in [2.75, 3.05) is 33.4 Å². The van der Waals surface area contributed by atoms with Gasteiger partial charge in [0.2, 0.25) is 0 Å². The monoisotopic (exact) mass is 349 g/mol. The van der Waals surface area contributed by atoms with E-state index in [0.29, 0.717) is 18.8 Å². The first kappa shape index (κ1) is 21.1. The summed E-state index contributed by atoms with van der Waals surface area (Å²) in [6.07, 6.45) is 3.68. The van der Waals surface area contributed by atoms with E-state index in [-0.39, 0.29) is 36.1 Å². The molecule has 2 N–H and O–H groups in total. The Morgan fingerprint density at radius 1 is 1.41 bits per heavy atom. The lowest BCUT2D eigenvalue weighted by molar-refractivity contribution is 0.0510. The third kappa shape index (κ3) is 5.39. The lowest BCUT2D eigenvalue weighted by Crippen LogP contribution is -2.47. The Bertz CT molecular complexity index is 460. The van der Waals surface area contributed by atoms with E-state index in [1.165, 1.54) is 0 Å². The summed E-state index contributed by atoms with van der Waals surface area (Å²) < 4.78 is 5.35. The number of rotatable bonds is 5. The van der Waals surface area contributed by atoms with Gasteiger partial charge in [-0.2, -0.15) is 0 Å². The molecule has 5 nitrogen and oxygen atoms in total. The number of piperidine rings is 1. The maximum absolute atomic E-state index is 12.2. The van der Waals surface area contributed by atoms with Gasteiger partial charge in [0.1, 0.15) is 5.69 Å². The van der Waals surface area contributed by atoms with Crippen LogP contribution < -0.4 is 10.6 Å². The number of aryl methyl sites for hydroxylation is 1. The highest BCUT2D eigenvalue weighted by molar-refractivity contribution is 5.93. The highest BCUT2D eigenvalue weighted by atomic mass is 35.5. The summed E-state index contributed by atoms with van der Waals surface area (Å²) in [5.41, 5.74) is 1.45. The highest BCUT2D eigenvalue weighted by Gasteiger charge is 2.32. The molecule has 2 rings (SSSR count). The van der Waals surface area contributed by atoms with E-state index in [9.17, 15) is 4.79 Å². The lowest BCUT2D eigenvalue weighted by Gasteiger charge is -2.37. The molecule has 0 aromatic carbocycles. The van der Waals surface area contributed by atoms with Crippen LogP contribution in [-0.4, -0.2) is 44.2 Å². The average Bonchev–Trinajstić information content (AvgIpc) is 2.47. The SMILES string of the molecule is COCC1(CNC(=O)c2ncccc2C)CCNCC1.Cl.Cl. The number of ether oxygens (including phenoxy) is 1. The van der Waals surface area contributed by atoms with Crippen molar-refractivity contribution < 1.29 is 9.53 Å². The van der Waals surface area contributed by atoms with Crippen molar-refractivity contribution >= 4 is 30.7 Å². The normalized spacial score (nSPS) is 16.1. The molecule has 0 bridgehead atoms. The predicted octanol–water partition coefficient (Wildman–Crippen LogP) is 1.98. The molecule has 7 heteroatoms. The molecule has 126 valence electrons. The van der Waals surface area contributed by atoms with Crippen molar-refractivity contribution in [2.24, 2.45) is 5.41 Å². The average molecular weight is 350 g/mol. The number of hydrogen-bond acceptors (Lipinski definition) is 4. The van der Waals surface area contributed by atoms with Crippen LogP contribution in [0, 0.1) is 12.3 Å². The molecule has 0 spiro atoms. The Hall–Kier alpha value is -0.880. The maximum atomic E-state index is 12.2. The van der Waals surface area contributed by atoms with Gasteiger partial charge in [-0.3, -0.25) is 9.78 Å². The summed E-state index contributed by atoms with van der Waals surface area (Å²) >= 11 is 0. The molecule has 1 amide bonds. The van der Waals surface area contributed by atoms with Crippen LogP contribution in [0.5, 0.6) is 0 Å². The van der Waals surface area contributed by atoms with E-state index in [1.807, 2.05) is 19.1 Å². The summed E-state index contributed by atoms with van der Waals surface area (Å²) in [5, 5.41) is 6.37. The molecule has 0 saturated carbocycles. The Balaban J connectivity index is 0.00000220. The number of aromatic nitrogens is 1. The van der Waals surface area contributed by atoms with Crippen molar-refractivity contribution in [3.63, 3.8) is 0 Å². The van der Waals surface area contributed by atoms with Gasteiger partial charge in [-0.05, 0) is 44.5 Å².